The molecule has 74 valence electrons. The van der Waals surface area contributed by atoms with Gasteiger partial charge in [0.25, 0.3) is 0 Å². The second kappa shape index (κ2) is 10.6. The molecule has 0 radical (unpaired) electrons. The molecular formula is C8H18O3S. The number of esters is 1. The van der Waals surface area contributed by atoms with Crippen LogP contribution in [-0.2, 0) is 20.3 Å². The lowest BCUT2D eigenvalue weighted by Gasteiger charge is -1.96. The Hall–Kier alpha value is -0.380. The van der Waals surface area contributed by atoms with Gasteiger partial charge in [0.1, 0.15) is 0 Å². The standard InChI is InChI=1S/C6H12O2.C2H6OS/c1-3-4-5-8-6(2)7;1-4(2)3/h3-5H2,1-2H3;1-2H3. The molecule has 12 heavy (non-hydrogen) atoms. The highest BCUT2D eigenvalue weighted by Crippen LogP contribution is 1.86. The smallest absolute Gasteiger partial charge is 0.302 e. The summed E-state index contributed by atoms with van der Waals surface area (Å²) in [4.78, 5) is 10.1. The van der Waals surface area contributed by atoms with Crippen LogP contribution in [0.2, 0.25) is 0 Å². The van der Waals surface area contributed by atoms with Gasteiger partial charge in [-0.3, -0.25) is 9.00 Å². The van der Waals surface area contributed by atoms with Gasteiger partial charge in [0.15, 0.2) is 0 Å². The van der Waals surface area contributed by atoms with Gasteiger partial charge in [0.05, 0.1) is 6.61 Å². The fourth-order valence-electron chi connectivity index (χ4n) is 0.360. The zero-order chi connectivity index (χ0) is 9.98. The van der Waals surface area contributed by atoms with Crippen molar-refractivity contribution >= 4 is 16.8 Å². The first kappa shape index (κ1) is 14.2. The summed E-state index contributed by atoms with van der Waals surface area (Å²) in [6, 6.07) is 0. The van der Waals surface area contributed by atoms with E-state index in [9.17, 15) is 9.00 Å². The van der Waals surface area contributed by atoms with Crippen molar-refractivity contribution in [2.24, 2.45) is 0 Å². The Bertz CT molecular complexity index is 130. The summed E-state index contributed by atoms with van der Waals surface area (Å²) in [7, 11) is -0.611. The Morgan fingerprint density at radius 3 is 2.08 bits per heavy atom. The van der Waals surface area contributed by atoms with Crippen LogP contribution in [0.4, 0.5) is 0 Å². The number of carbonyl (C=O) groups is 1. The summed E-state index contributed by atoms with van der Waals surface area (Å²) in [6.07, 6.45) is 5.33. The van der Waals surface area contributed by atoms with E-state index in [0.717, 1.165) is 12.8 Å². The molecule has 0 aliphatic rings. The molecule has 0 aromatic carbocycles. The zero-order valence-electron chi connectivity index (χ0n) is 8.25. The van der Waals surface area contributed by atoms with Gasteiger partial charge in [-0.2, -0.15) is 0 Å². The van der Waals surface area contributed by atoms with Crippen molar-refractivity contribution in [3.05, 3.63) is 0 Å². The molecule has 0 rings (SSSR count). The van der Waals surface area contributed by atoms with Gasteiger partial charge >= 0.3 is 5.97 Å². The van der Waals surface area contributed by atoms with Crippen molar-refractivity contribution in [1.29, 1.82) is 0 Å². The Kier molecular flexibility index (Phi) is 12.5. The topological polar surface area (TPSA) is 43.4 Å². The highest BCUT2D eigenvalue weighted by Gasteiger charge is 1.88. The third kappa shape index (κ3) is 33.5. The molecule has 0 aliphatic heterocycles. The van der Waals surface area contributed by atoms with Crippen LogP contribution < -0.4 is 0 Å². The third-order valence-corrected chi connectivity index (χ3v) is 0.803. The highest BCUT2D eigenvalue weighted by molar-refractivity contribution is 7.83. The quantitative estimate of drug-likeness (QED) is 0.503. The normalized spacial score (nSPS) is 8.75. The molecule has 0 saturated heterocycles. The lowest BCUT2D eigenvalue weighted by Crippen LogP contribution is -1.99. The molecule has 0 heterocycles. The van der Waals surface area contributed by atoms with Gasteiger partial charge in [0, 0.05) is 30.2 Å². The predicted octanol–water partition coefficient (Wildman–Crippen LogP) is 1.34. The molecule has 3 nitrogen and oxygen atoms in total. The molecule has 0 spiro atoms. The molecule has 0 amide bonds. The maximum atomic E-state index is 10.1. The van der Waals surface area contributed by atoms with Crippen molar-refractivity contribution < 1.29 is 13.7 Å². The maximum Gasteiger partial charge on any atom is 0.302 e. The Morgan fingerprint density at radius 2 is 1.83 bits per heavy atom. The minimum Gasteiger partial charge on any atom is -0.466 e. The van der Waals surface area contributed by atoms with Crippen LogP contribution in [0.5, 0.6) is 0 Å². The van der Waals surface area contributed by atoms with Crippen LogP contribution in [0.3, 0.4) is 0 Å². The minimum atomic E-state index is -0.611. The van der Waals surface area contributed by atoms with E-state index in [-0.39, 0.29) is 5.97 Å². The lowest BCUT2D eigenvalue weighted by atomic mass is 10.4. The third-order valence-electron chi connectivity index (χ3n) is 0.803. The maximum absolute atomic E-state index is 10.1. The van der Waals surface area contributed by atoms with Crippen LogP contribution in [0.25, 0.3) is 0 Å². The largest absolute Gasteiger partial charge is 0.466 e. The number of carbonyl (C=O) groups excluding carboxylic acids is 1. The molecule has 0 unspecified atom stereocenters. The SMILES string of the molecule is CCCCOC(C)=O.CS(C)=O. The fraction of sp³-hybridized carbons (Fsp3) is 0.875. The van der Waals surface area contributed by atoms with E-state index in [1.807, 2.05) is 0 Å². The second-order valence-electron chi connectivity index (χ2n) is 2.44. The van der Waals surface area contributed by atoms with Gasteiger partial charge in [-0.05, 0) is 6.42 Å². The Morgan fingerprint density at radius 1 is 1.42 bits per heavy atom. The van der Waals surface area contributed by atoms with Gasteiger partial charge in [-0.1, -0.05) is 13.3 Å². The number of ether oxygens (including phenoxy) is 1. The predicted molar refractivity (Wildman–Crippen MR) is 51.5 cm³/mol. The summed E-state index contributed by atoms with van der Waals surface area (Å²) < 4.78 is 14.2. The van der Waals surface area contributed by atoms with Gasteiger partial charge in [-0.25, -0.2) is 0 Å². The molecule has 0 saturated carbocycles. The Labute approximate surface area is 76.9 Å². The average Bonchev–Trinajstić information content (AvgIpc) is 1.86. The molecule has 0 aliphatic carbocycles. The summed E-state index contributed by atoms with van der Waals surface area (Å²) in [5.41, 5.74) is 0. The lowest BCUT2D eigenvalue weighted by molar-refractivity contribution is -0.141. The first-order chi connectivity index (χ1) is 5.50. The van der Waals surface area contributed by atoms with Crippen molar-refractivity contribution in [3.63, 3.8) is 0 Å². The van der Waals surface area contributed by atoms with Crippen LogP contribution in [-0.4, -0.2) is 29.3 Å². The fourth-order valence-corrected chi connectivity index (χ4v) is 0.360. The van der Waals surface area contributed by atoms with Crippen LogP contribution in [0.15, 0.2) is 0 Å². The summed E-state index contributed by atoms with van der Waals surface area (Å²) in [5.74, 6) is -0.182. The summed E-state index contributed by atoms with van der Waals surface area (Å²) in [5, 5.41) is 0. The Balaban J connectivity index is 0. The van der Waals surface area contributed by atoms with E-state index >= 15 is 0 Å². The first-order valence-electron chi connectivity index (χ1n) is 3.89. The van der Waals surface area contributed by atoms with E-state index in [4.69, 9.17) is 0 Å². The van der Waals surface area contributed by atoms with E-state index in [0.29, 0.717) is 6.61 Å². The number of unbranched alkanes of at least 4 members (excludes halogenated alkanes) is 1. The van der Waals surface area contributed by atoms with Crippen LogP contribution in [0.1, 0.15) is 26.7 Å². The van der Waals surface area contributed by atoms with Crippen molar-refractivity contribution in [2.45, 2.75) is 26.7 Å². The minimum absolute atomic E-state index is 0.182. The number of rotatable bonds is 3. The van der Waals surface area contributed by atoms with E-state index in [1.165, 1.54) is 6.92 Å². The number of hydrogen-bond acceptors (Lipinski definition) is 3. The van der Waals surface area contributed by atoms with Gasteiger partial charge < -0.3 is 4.74 Å². The molecule has 0 atom stereocenters. The van der Waals surface area contributed by atoms with Crippen LogP contribution >= 0.6 is 0 Å². The molecule has 0 aromatic heterocycles. The molecule has 0 fully saturated rings. The molecule has 0 aromatic rings. The molecule has 0 bridgehead atoms. The first-order valence-corrected chi connectivity index (χ1v) is 5.85. The van der Waals surface area contributed by atoms with Crippen molar-refractivity contribution in [2.75, 3.05) is 19.1 Å². The molecule has 0 N–H and O–H groups in total. The van der Waals surface area contributed by atoms with E-state index in [2.05, 4.69) is 11.7 Å². The second-order valence-corrected chi connectivity index (χ2v) is 3.92. The number of hydrogen-bond donors (Lipinski definition) is 0. The van der Waals surface area contributed by atoms with Crippen molar-refractivity contribution in [1.82, 2.24) is 0 Å². The van der Waals surface area contributed by atoms with E-state index < -0.39 is 10.8 Å². The molecular weight excluding hydrogens is 176 g/mol. The molecule has 4 heteroatoms. The van der Waals surface area contributed by atoms with Crippen molar-refractivity contribution in [3.8, 4) is 0 Å². The zero-order valence-corrected chi connectivity index (χ0v) is 9.07. The average molecular weight is 194 g/mol. The van der Waals surface area contributed by atoms with Crippen LogP contribution in [0, 0.1) is 0 Å². The summed E-state index contributed by atoms with van der Waals surface area (Å²) >= 11 is 0. The highest BCUT2D eigenvalue weighted by atomic mass is 32.2. The monoisotopic (exact) mass is 194 g/mol. The van der Waals surface area contributed by atoms with Gasteiger partial charge in [0.2, 0.25) is 0 Å². The van der Waals surface area contributed by atoms with Gasteiger partial charge in [-0.15, -0.1) is 0 Å². The van der Waals surface area contributed by atoms with E-state index in [1.54, 1.807) is 12.5 Å². The summed E-state index contributed by atoms with van der Waals surface area (Å²) in [6.45, 7) is 4.06.